The summed E-state index contributed by atoms with van der Waals surface area (Å²) in [6, 6.07) is 3.78. The van der Waals surface area contributed by atoms with Crippen LogP contribution in [0.15, 0.2) is 23.1 Å². The number of amides is 1. The average Bonchev–Trinajstić information content (AvgIpc) is 2.64. The molecule has 0 bridgehead atoms. The van der Waals surface area contributed by atoms with Gasteiger partial charge in [-0.25, -0.2) is 18.4 Å². The number of carbonyl (C=O) groups is 2. The molecule has 2 rings (SSSR count). The van der Waals surface area contributed by atoms with Crippen molar-refractivity contribution >= 4 is 21.9 Å². The zero-order chi connectivity index (χ0) is 19.3. The van der Waals surface area contributed by atoms with Crippen LogP contribution in [0.3, 0.4) is 0 Å². The molecular weight excluding hydrogens is 360 g/mol. The number of carbonyl (C=O) groups excluding carboxylic acids is 2. The number of ether oxygens (including phenoxy) is 2. The smallest absolute Gasteiger partial charge is 0.342 e. The van der Waals surface area contributed by atoms with Crippen LogP contribution in [0, 0.1) is 0 Å². The first-order chi connectivity index (χ1) is 12.2. The van der Waals surface area contributed by atoms with E-state index in [2.05, 4.69) is 0 Å². The van der Waals surface area contributed by atoms with Crippen LogP contribution < -0.4 is 9.88 Å². The molecule has 1 saturated carbocycles. The number of primary sulfonamides is 1. The van der Waals surface area contributed by atoms with Gasteiger partial charge in [-0.05, 0) is 31.0 Å². The van der Waals surface area contributed by atoms with Crippen LogP contribution in [0.1, 0.15) is 42.5 Å². The molecular formula is C17H24N2O6S. The summed E-state index contributed by atoms with van der Waals surface area (Å²) in [4.78, 5) is 25.9. The molecule has 1 aliphatic carbocycles. The fourth-order valence-electron chi connectivity index (χ4n) is 3.00. The second-order valence-corrected chi connectivity index (χ2v) is 7.84. The molecule has 8 nitrogen and oxygen atoms in total. The van der Waals surface area contributed by atoms with Gasteiger partial charge in [-0.2, -0.15) is 0 Å². The number of methoxy groups -OCH3 is 1. The number of nitrogens with two attached hydrogens (primary N) is 1. The van der Waals surface area contributed by atoms with Crippen molar-refractivity contribution in [1.82, 2.24) is 4.90 Å². The number of hydrogen-bond donors (Lipinski definition) is 1. The Morgan fingerprint density at radius 3 is 2.46 bits per heavy atom. The highest BCUT2D eigenvalue weighted by molar-refractivity contribution is 7.89. The number of benzene rings is 1. The normalized spacial score (nSPS) is 15.3. The third kappa shape index (κ3) is 4.95. The molecule has 1 amide bonds. The van der Waals surface area contributed by atoms with Crippen molar-refractivity contribution in [2.24, 2.45) is 5.14 Å². The second kappa shape index (κ2) is 8.50. The van der Waals surface area contributed by atoms with E-state index in [0.717, 1.165) is 31.7 Å². The van der Waals surface area contributed by atoms with Crippen molar-refractivity contribution in [3.05, 3.63) is 23.8 Å². The topological polar surface area (TPSA) is 116 Å². The summed E-state index contributed by atoms with van der Waals surface area (Å²) in [6.07, 6.45) is 5.23. The van der Waals surface area contributed by atoms with E-state index >= 15 is 0 Å². The third-order valence-electron chi connectivity index (χ3n) is 4.56. The van der Waals surface area contributed by atoms with Crippen molar-refractivity contribution < 1.29 is 27.5 Å². The molecule has 0 heterocycles. The summed E-state index contributed by atoms with van der Waals surface area (Å²) in [6.45, 7) is -0.422. The Kier molecular flexibility index (Phi) is 6.60. The molecule has 1 aliphatic rings. The van der Waals surface area contributed by atoms with Crippen molar-refractivity contribution in [2.45, 2.75) is 43.0 Å². The van der Waals surface area contributed by atoms with Crippen LogP contribution >= 0.6 is 0 Å². The van der Waals surface area contributed by atoms with E-state index in [-0.39, 0.29) is 28.2 Å². The molecule has 0 atom stereocenters. The molecule has 0 radical (unpaired) electrons. The van der Waals surface area contributed by atoms with Crippen molar-refractivity contribution in [3.8, 4) is 5.75 Å². The lowest BCUT2D eigenvalue weighted by Crippen LogP contribution is -2.40. The maximum absolute atomic E-state index is 12.3. The van der Waals surface area contributed by atoms with Gasteiger partial charge < -0.3 is 14.4 Å². The zero-order valence-electron chi connectivity index (χ0n) is 14.9. The molecule has 2 N–H and O–H groups in total. The van der Waals surface area contributed by atoms with E-state index in [0.29, 0.717) is 0 Å². The quantitative estimate of drug-likeness (QED) is 0.739. The molecule has 0 aromatic heterocycles. The minimum Gasteiger partial charge on any atom is -0.496 e. The third-order valence-corrected chi connectivity index (χ3v) is 5.47. The molecule has 1 fully saturated rings. The van der Waals surface area contributed by atoms with Crippen molar-refractivity contribution in [3.63, 3.8) is 0 Å². The highest BCUT2D eigenvalue weighted by atomic mass is 32.2. The standard InChI is InChI=1S/C17H24N2O6S/c1-19(12-6-4-3-5-7-12)16(20)11-25-17(21)14-10-13(26(18,22)23)8-9-15(14)24-2/h8-10,12H,3-7,11H2,1-2H3,(H2,18,22,23). The van der Waals surface area contributed by atoms with Gasteiger partial charge in [0.2, 0.25) is 10.0 Å². The molecule has 0 unspecified atom stereocenters. The molecule has 1 aromatic carbocycles. The van der Waals surface area contributed by atoms with E-state index in [1.807, 2.05) is 0 Å². The fourth-order valence-corrected chi connectivity index (χ4v) is 3.54. The van der Waals surface area contributed by atoms with E-state index < -0.39 is 22.6 Å². The van der Waals surface area contributed by atoms with Crippen LogP contribution in [0.25, 0.3) is 0 Å². The Morgan fingerprint density at radius 2 is 1.88 bits per heavy atom. The van der Waals surface area contributed by atoms with Crippen LogP contribution in [0.4, 0.5) is 0 Å². The van der Waals surface area contributed by atoms with Gasteiger partial charge in [0.1, 0.15) is 11.3 Å². The number of rotatable bonds is 6. The molecule has 9 heteroatoms. The van der Waals surface area contributed by atoms with Gasteiger partial charge in [-0.3, -0.25) is 4.79 Å². The number of hydrogen-bond acceptors (Lipinski definition) is 6. The average molecular weight is 384 g/mol. The summed E-state index contributed by atoms with van der Waals surface area (Å²) >= 11 is 0. The minimum atomic E-state index is -3.98. The maximum atomic E-state index is 12.3. The summed E-state index contributed by atoms with van der Waals surface area (Å²) in [5.41, 5.74) is -0.104. The summed E-state index contributed by atoms with van der Waals surface area (Å²) < 4.78 is 33.0. The Balaban J connectivity index is 2.06. The van der Waals surface area contributed by atoms with Crippen LogP contribution in [-0.2, 0) is 19.6 Å². The monoisotopic (exact) mass is 384 g/mol. The largest absolute Gasteiger partial charge is 0.496 e. The van der Waals surface area contributed by atoms with Crippen LogP contribution in [0.5, 0.6) is 5.75 Å². The first kappa shape index (κ1) is 20.2. The lowest BCUT2D eigenvalue weighted by Gasteiger charge is -2.31. The van der Waals surface area contributed by atoms with Crippen LogP contribution in [0.2, 0.25) is 0 Å². The van der Waals surface area contributed by atoms with Gasteiger partial charge in [0.15, 0.2) is 6.61 Å². The van der Waals surface area contributed by atoms with Crippen molar-refractivity contribution in [2.75, 3.05) is 20.8 Å². The molecule has 0 spiro atoms. The maximum Gasteiger partial charge on any atom is 0.342 e. The summed E-state index contributed by atoms with van der Waals surface area (Å²) in [5.74, 6) is -1.01. The zero-order valence-corrected chi connectivity index (χ0v) is 15.8. The lowest BCUT2D eigenvalue weighted by atomic mass is 9.94. The predicted molar refractivity (Wildman–Crippen MR) is 94.3 cm³/mol. The van der Waals surface area contributed by atoms with E-state index in [1.54, 1.807) is 11.9 Å². The number of sulfonamides is 1. The summed E-state index contributed by atoms with van der Waals surface area (Å²) in [7, 11) is -0.941. The van der Waals surface area contributed by atoms with E-state index in [1.165, 1.54) is 25.7 Å². The molecule has 144 valence electrons. The SMILES string of the molecule is COc1ccc(S(N)(=O)=O)cc1C(=O)OCC(=O)N(C)C1CCCCC1. The van der Waals surface area contributed by atoms with Crippen molar-refractivity contribution in [1.29, 1.82) is 0 Å². The predicted octanol–water partition coefficient (Wildman–Crippen LogP) is 1.29. The van der Waals surface area contributed by atoms with E-state index in [9.17, 15) is 18.0 Å². The molecule has 0 aliphatic heterocycles. The number of likely N-dealkylation sites (N-methyl/N-ethyl adjacent to an activating group) is 1. The first-order valence-electron chi connectivity index (χ1n) is 8.37. The first-order valence-corrected chi connectivity index (χ1v) is 9.92. The van der Waals surface area contributed by atoms with Gasteiger partial charge >= 0.3 is 5.97 Å². The number of esters is 1. The Bertz CT molecular complexity index is 771. The van der Waals surface area contributed by atoms with Gasteiger partial charge in [0.25, 0.3) is 5.91 Å². The lowest BCUT2D eigenvalue weighted by molar-refractivity contribution is -0.135. The highest BCUT2D eigenvalue weighted by Gasteiger charge is 2.24. The Labute approximate surface area is 153 Å². The van der Waals surface area contributed by atoms with Gasteiger partial charge in [0.05, 0.1) is 12.0 Å². The molecule has 26 heavy (non-hydrogen) atoms. The molecule has 0 saturated heterocycles. The fraction of sp³-hybridized carbons (Fsp3) is 0.529. The Hall–Kier alpha value is -2.13. The molecule has 1 aromatic rings. The Morgan fingerprint density at radius 1 is 1.23 bits per heavy atom. The minimum absolute atomic E-state index is 0.104. The van der Waals surface area contributed by atoms with E-state index in [4.69, 9.17) is 14.6 Å². The van der Waals surface area contributed by atoms with Crippen LogP contribution in [-0.4, -0.2) is 52.0 Å². The highest BCUT2D eigenvalue weighted by Crippen LogP contribution is 2.24. The van der Waals surface area contributed by atoms with Gasteiger partial charge in [0, 0.05) is 13.1 Å². The second-order valence-electron chi connectivity index (χ2n) is 6.28. The van der Waals surface area contributed by atoms with Gasteiger partial charge in [-0.15, -0.1) is 0 Å². The van der Waals surface area contributed by atoms with Gasteiger partial charge in [-0.1, -0.05) is 19.3 Å². The number of nitrogens with zero attached hydrogens (tertiary/aromatic N) is 1. The summed E-state index contributed by atoms with van der Waals surface area (Å²) in [5, 5.41) is 5.08.